The maximum atomic E-state index is 5.45. The summed E-state index contributed by atoms with van der Waals surface area (Å²) < 4.78 is 5.45. The zero-order valence-electron chi connectivity index (χ0n) is 16.6. The molecule has 3 rings (SSSR count). The van der Waals surface area contributed by atoms with Crippen molar-refractivity contribution in [2.75, 3.05) is 52.5 Å². The number of morpholine rings is 1. The topological polar surface area (TPSA) is 52.1 Å². The van der Waals surface area contributed by atoms with Crippen LogP contribution in [0.4, 0.5) is 0 Å². The van der Waals surface area contributed by atoms with Gasteiger partial charge in [0.1, 0.15) is 0 Å². The molecule has 0 aromatic heterocycles. The van der Waals surface area contributed by atoms with E-state index in [1.54, 1.807) is 0 Å². The summed E-state index contributed by atoms with van der Waals surface area (Å²) >= 11 is 0. The number of halogens is 1. The third kappa shape index (κ3) is 6.49. The van der Waals surface area contributed by atoms with Crippen molar-refractivity contribution in [2.45, 2.75) is 64.1 Å². The molecule has 2 unspecified atom stereocenters. The van der Waals surface area contributed by atoms with E-state index in [9.17, 15) is 0 Å². The predicted molar refractivity (Wildman–Crippen MR) is 119 cm³/mol. The first kappa shape index (κ1) is 22.2. The number of hydrogen-bond donors (Lipinski definition) is 2. The van der Waals surface area contributed by atoms with E-state index in [-0.39, 0.29) is 24.0 Å². The SMILES string of the molecule is CCNC(=NCC(C)N1CCOCC1)NC1CCN(C2CCCC2)C1.I. The van der Waals surface area contributed by atoms with Gasteiger partial charge in [-0.05, 0) is 33.1 Å². The lowest BCUT2D eigenvalue weighted by molar-refractivity contribution is 0.0220. The van der Waals surface area contributed by atoms with Gasteiger partial charge in [-0.2, -0.15) is 0 Å². The summed E-state index contributed by atoms with van der Waals surface area (Å²) in [5.74, 6) is 0.987. The van der Waals surface area contributed by atoms with Gasteiger partial charge in [0.25, 0.3) is 0 Å². The molecule has 1 aliphatic carbocycles. The largest absolute Gasteiger partial charge is 0.379 e. The standard InChI is InChI=1S/C19H37N5O.HI/c1-3-20-19(21-14-16(2)23-10-12-25-13-11-23)22-17-8-9-24(15-17)18-6-4-5-7-18;/h16-18H,3-15H2,1-2H3,(H2,20,21,22);1H. The van der Waals surface area contributed by atoms with Crippen molar-refractivity contribution in [3.8, 4) is 0 Å². The van der Waals surface area contributed by atoms with E-state index in [0.717, 1.165) is 51.4 Å². The second-order valence-corrected chi connectivity index (χ2v) is 7.78. The normalized spacial score (nSPS) is 27.3. The summed E-state index contributed by atoms with van der Waals surface area (Å²) in [5, 5.41) is 7.11. The summed E-state index contributed by atoms with van der Waals surface area (Å²) in [4.78, 5) is 10.0. The Balaban J connectivity index is 0.00000243. The minimum atomic E-state index is 0. The van der Waals surface area contributed by atoms with Crippen LogP contribution in [0.1, 0.15) is 46.0 Å². The van der Waals surface area contributed by atoms with Gasteiger partial charge >= 0.3 is 0 Å². The lowest BCUT2D eigenvalue weighted by Crippen LogP contribution is -2.47. The Morgan fingerprint density at radius 2 is 1.88 bits per heavy atom. The van der Waals surface area contributed by atoms with Crippen LogP contribution in [-0.2, 0) is 4.74 Å². The molecule has 0 amide bonds. The van der Waals surface area contributed by atoms with E-state index in [1.807, 2.05) is 0 Å². The Morgan fingerprint density at radius 3 is 2.58 bits per heavy atom. The van der Waals surface area contributed by atoms with Crippen molar-refractivity contribution in [2.24, 2.45) is 4.99 Å². The van der Waals surface area contributed by atoms with Crippen LogP contribution in [0.3, 0.4) is 0 Å². The fourth-order valence-corrected chi connectivity index (χ4v) is 4.38. The molecule has 2 heterocycles. The zero-order chi connectivity index (χ0) is 17.5. The first-order valence-electron chi connectivity index (χ1n) is 10.4. The van der Waals surface area contributed by atoms with E-state index < -0.39 is 0 Å². The lowest BCUT2D eigenvalue weighted by Gasteiger charge is -2.31. The van der Waals surface area contributed by atoms with E-state index >= 15 is 0 Å². The van der Waals surface area contributed by atoms with Gasteiger partial charge in [0.05, 0.1) is 19.8 Å². The fraction of sp³-hybridized carbons (Fsp3) is 0.947. The molecule has 152 valence electrons. The van der Waals surface area contributed by atoms with E-state index in [1.165, 1.54) is 45.2 Å². The van der Waals surface area contributed by atoms with Crippen LogP contribution in [0.2, 0.25) is 0 Å². The van der Waals surface area contributed by atoms with Crippen molar-refractivity contribution in [3.63, 3.8) is 0 Å². The average molecular weight is 479 g/mol. The maximum Gasteiger partial charge on any atom is 0.191 e. The van der Waals surface area contributed by atoms with Crippen molar-refractivity contribution < 1.29 is 4.74 Å². The molecule has 0 aromatic carbocycles. The van der Waals surface area contributed by atoms with Crippen molar-refractivity contribution in [1.29, 1.82) is 0 Å². The third-order valence-electron chi connectivity index (χ3n) is 5.93. The first-order valence-corrected chi connectivity index (χ1v) is 10.4. The molecule has 2 N–H and O–H groups in total. The Morgan fingerprint density at radius 1 is 1.15 bits per heavy atom. The summed E-state index contributed by atoms with van der Waals surface area (Å²) in [6.45, 7) is 12.3. The molecule has 2 atom stereocenters. The smallest absolute Gasteiger partial charge is 0.191 e. The highest BCUT2D eigenvalue weighted by molar-refractivity contribution is 14.0. The number of ether oxygens (including phenoxy) is 1. The van der Waals surface area contributed by atoms with Crippen LogP contribution < -0.4 is 10.6 Å². The van der Waals surface area contributed by atoms with Crippen LogP contribution in [0, 0.1) is 0 Å². The molecule has 26 heavy (non-hydrogen) atoms. The number of guanidine groups is 1. The van der Waals surface area contributed by atoms with Crippen LogP contribution >= 0.6 is 24.0 Å². The molecule has 2 saturated heterocycles. The maximum absolute atomic E-state index is 5.45. The molecule has 0 spiro atoms. The summed E-state index contributed by atoms with van der Waals surface area (Å²) in [5.41, 5.74) is 0. The molecule has 0 aromatic rings. The number of likely N-dealkylation sites (tertiary alicyclic amines) is 1. The van der Waals surface area contributed by atoms with Crippen LogP contribution in [0.25, 0.3) is 0 Å². The minimum absolute atomic E-state index is 0. The van der Waals surface area contributed by atoms with Gasteiger partial charge in [-0.3, -0.25) is 14.8 Å². The average Bonchev–Trinajstić information content (AvgIpc) is 3.32. The van der Waals surface area contributed by atoms with Gasteiger partial charge in [0.15, 0.2) is 5.96 Å². The molecule has 2 aliphatic heterocycles. The molecular formula is C19H38IN5O. The monoisotopic (exact) mass is 479 g/mol. The Hall–Kier alpha value is -0.120. The number of aliphatic imine (C=N–C) groups is 1. The van der Waals surface area contributed by atoms with E-state index in [4.69, 9.17) is 9.73 Å². The van der Waals surface area contributed by atoms with Gasteiger partial charge in [-0.15, -0.1) is 24.0 Å². The highest BCUT2D eigenvalue weighted by Gasteiger charge is 2.30. The Kier molecular flexibility index (Phi) is 9.94. The predicted octanol–water partition coefficient (Wildman–Crippen LogP) is 1.90. The van der Waals surface area contributed by atoms with Crippen LogP contribution in [-0.4, -0.2) is 86.4 Å². The highest BCUT2D eigenvalue weighted by Crippen LogP contribution is 2.26. The number of hydrogen-bond acceptors (Lipinski definition) is 4. The molecule has 3 fully saturated rings. The van der Waals surface area contributed by atoms with Crippen molar-refractivity contribution in [3.05, 3.63) is 0 Å². The molecule has 6 nitrogen and oxygen atoms in total. The second kappa shape index (κ2) is 11.7. The quantitative estimate of drug-likeness (QED) is 0.346. The molecule has 1 saturated carbocycles. The first-order chi connectivity index (χ1) is 12.3. The van der Waals surface area contributed by atoms with Crippen molar-refractivity contribution in [1.82, 2.24) is 20.4 Å². The summed E-state index contributed by atoms with van der Waals surface area (Å²) in [6, 6.07) is 1.85. The molecule has 3 aliphatic rings. The highest BCUT2D eigenvalue weighted by atomic mass is 127. The fourth-order valence-electron chi connectivity index (χ4n) is 4.38. The van der Waals surface area contributed by atoms with Crippen LogP contribution in [0.5, 0.6) is 0 Å². The zero-order valence-corrected chi connectivity index (χ0v) is 18.9. The Bertz CT molecular complexity index is 424. The second-order valence-electron chi connectivity index (χ2n) is 7.78. The third-order valence-corrected chi connectivity index (χ3v) is 5.93. The van der Waals surface area contributed by atoms with Crippen LogP contribution in [0.15, 0.2) is 4.99 Å². The molecule has 0 radical (unpaired) electrons. The van der Waals surface area contributed by atoms with E-state index in [2.05, 4.69) is 34.3 Å². The van der Waals surface area contributed by atoms with Gasteiger partial charge in [-0.25, -0.2) is 0 Å². The van der Waals surface area contributed by atoms with Gasteiger partial charge in [0, 0.05) is 50.8 Å². The van der Waals surface area contributed by atoms with Gasteiger partial charge < -0.3 is 15.4 Å². The summed E-state index contributed by atoms with van der Waals surface area (Å²) in [7, 11) is 0. The Labute approximate surface area is 176 Å². The lowest BCUT2D eigenvalue weighted by atomic mass is 10.2. The number of rotatable bonds is 6. The number of nitrogens with zero attached hydrogens (tertiary/aromatic N) is 3. The van der Waals surface area contributed by atoms with E-state index in [0.29, 0.717) is 12.1 Å². The van der Waals surface area contributed by atoms with Crippen molar-refractivity contribution >= 4 is 29.9 Å². The molecule has 7 heteroatoms. The summed E-state index contributed by atoms with van der Waals surface area (Å²) in [6.07, 6.45) is 6.88. The molecular weight excluding hydrogens is 441 g/mol. The molecule has 0 bridgehead atoms. The van der Waals surface area contributed by atoms with Gasteiger partial charge in [0.2, 0.25) is 0 Å². The number of nitrogens with one attached hydrogen (secondary N) is 2. The minimum Gasteiger partial charge on any atom is -0.379 e. The van der Waals surface area contributed by atoms with Gasteiger partial charge in [-0.1, -0.05) is 12.8 Å².